The van der Waals surface area contributed by atoms with Crippen LogP contribution in [0.4, 0.5) is 0 Å². The lowest BCUT2D eigenvalue weighted by Gasteiger charge is -2.08. The zero-order valence-corrected chi connectivity index (χ0v) is 13.3. The van der Waals surface area contributed by atoms with Crippen molar-refractivity contribution in [1.29, 1.82) is 0 Å². The molecule has 2 aromatic rings. The van der Waals surface area contributed by atoms with E-state index in [2.05, 4.69) is 30.6 Å². The Kier molecular flexibility index (Phi) is 4.56. The van der Waals surface area contributed by atoms with Crippen LogP contribution in [0.5, 0.6) is 0 Å². The van der Waals surface area contributed by atoms with E-state index in [9.17, 15) is 9.59 Å². The number of thioether (sulfide) groups is 1. The van der Waals surface area contributed by atoms with E-state index in [1.54, 1.807) is 12.4 Å². The summed E-state index contributed by atoms with van der Waals surface area (Å²) in [4.78, 5) is 26.6. The Hall–Kier alpha value is -2.42. The minimum absolute atomic E-state index is 0.151. The summed E-state index contributed by atoms with van der Waals surface area (Å²) in [5, 5.41) is 9.15. The molecule has 9 heteroatoms. The molecule has 0 aromatic carbocycles. The fourth-order valence-corrected chi connectivity index (χ4v) is 2.86. The Bertz CT molecular complexity index is 713. The Morgan fingerprint density at radius 3 is 2.83 bits per heavy atom. The molecule has 0 aliphatic heterocycles. The van der Waals surface area contributed by atoms with Gasteiger partial charge in [0.05, 0.1) is 5.75 Å². The maximum Gasteiger partial charge on any atom is 0.248 e. The molecule has 3 rings (SSSR count). The smallest absolute Gasteiger partial charge is 0.248 e. The Morgan fingerprint density at radius 1 is 1.35 bits per heavy atom. The van der Waals surface area contributed by atoms with Gasteiger partial charge in [-0.2, -0.15) is 0 Å². The molecule has 0 radical (unpaired) electrons. The lowest BCUT2D eigenvalue weighted by atomic mass is 10.3. The lowest BCUT2D eigenvalue weighted by Crippen LogP contribution is -2.41. The summed E-state index contributed by atoms with van der Waals surface area (Å²) in [6, 6.07) is 4.17. The van der Waals surface area contributed by atoms with Gasteiger partial charge in [0.1, 0.15) is 0 Å². The molecule has 120 valence electrons. The molecule has 1 aliphatic rings. The molecule has 0 unspecified atom stereocenters. The van der Waals surface area contributed by atoms with Crippen LogP contribution in [0.15, 0.2) is 29.7 Å². The first-order valence-electron chi connectivity index (χ1n) is 7.18. The summed E-state index contributed by atoms with van der Waals surface area (Å²) in [6.07, 6.45) is 5.62. The van der Waals surface area contributed by atoms with E-state index in [0.29, 0.717) is 11.2 Å². The number of aromatic nitrogens is 4. The zero-order chi connectivity index (χ0) is 16.2. The average Bonchev–Trinajstić information content (AvgIpc) is 3.31. The van der Waals surface area contributed by atoms with Crippen LogP contribution in [0.1, 0.15) is 25.8 Å². The van der Waals surface area contributed by atoms with E-state index in [-0.39, 0.29) is 17.6 Å². The van der Waals surface area contributed by atoms with Crippen LogP contribution in [0.25, 0.3) is 11.4 Å². The number of hydrazine groups is 1. The van der Waals surface area contributed by atoms with E-state index in [1.165, 1.54) is 18.7 Å². The van der Waals surface area contributed by atoms with Gasteiger partial charge in [0.2, 0.25) is 11.8 Å². The van der Waals surface area contributed by atoms with Crippen molar-refractivity contribution in [2.45, 2.75) is 31.0 Å². The summed E-state index contributed by atoms with van der Waals surface area (Å²) in [5.74, 6) is 0.310. The molecular weight excluding hydrogens is 316 g/mol. The molecule has 0 saturated heterocycles. The molecule has 1 fully saturated rings. The van der Waals surface area contributed by atoms with Gasteiger partial charge in [-0.25, -0.2) is 0 Å². The van der Waals surface area contributed by atoms with E-state index in [1.807, 2.05) is 12.1 Å². The van der Waals surface area contributed by atoms with Crippen LogP contribution in [0, 0.1) is 0 Å². The summed E-state index contributed by atoms with van der Waals surface area (Å²) in [7, 11) is 0. The van der Waals surface area contributed by atoms with Gasteiger partial charge >= 0.3 is 0 Å². The highest BCUT2D eigenvalue weighted by Gasteiger charge is 2.30. The number of hydrogen-bond acceptors (Lipinski definition) is 6. The van der Waals surface area contributed by atoms with Crippen LogP contribution >= 0.6 is 11.8 Å². The molecule has 0 spiro atoms. The van der Waals surface area contributed by atoms with Gasteiger partial charge < -0.3 is 0 Å². The van der Waals surface area contributed by atoms with Crippen molar-refractivity contribution in [3.05, 3.63) is 24.5 Å². The molecule has 1 aliphatic carbocycles. The predicted octanol–water partition coefficient (Wildman–Crippen LogP) is 0.934. The highest BCUT2D eigenvalue weighted by atomic mass is 32.2. The van der Waals surface area contributed by atoms with Gasteiger partial charge in [-0.1, -0.05) is 11.8 Å². The average molecular weight is 332 g/mol. The topological polar surface area (TPSA) is 102 Å². The minimum atomic E-state index is -0.316. The summed E-state index contributed by atoms with van der Waals surface area (Å²) in [6.45, 7) is 1.33. The quantitative estimate of drug-likeness (QED) is 0.624. The molecule has 0 bridgehead atoms. The number of amides is 2. The van der Waals surface area contributed by atoms with Crippen molar-refractivity contribution in [3.8, 4) is 11.4 Å². The predicted molar refractivity (Wildman–Crippen MR) is 84.2 cm³/mol. The monoisotopic (exact) mass is 332 g/mol. The molecule has 1 saturated carbocycles. The number of nitrogens with one attached hydrogen (secondary N) is 2. The number of hydrogen-bond donors (Lipinski definition) is 2. The Labute approximate surface area is 137 Å². The lowest BCUT2D eigenvalue weighted by molar-refractivity contribution is -0.126. The van der Waals surface area contributed by atoms with Crippen LogP contribution in [0.2, 0.25) is 0 Å². The van der Waals surface area contributed by atoms with Crippen molar-refractivity contribution in [3.63, 3.8) is 0 Å². The van der Waals surface area contributed by atoms with Gasteiger partial charge in [-0.05, 0) is 25.0 Å². The summed E-state index contributed by atoms with van der Waals surface area (Å²) in [5.41, 5.74) is 5.49. The van der Waals surface area contributed by atoms with Gasteiger partial charge in [-0.3, -0.25) is 30.0 Å². The third-order valence-corrected chi connectivity index (χ3v) is 4.15. The van der Waals surface area contributed by atoms with Crippen molar-refractivity contribution < 1.29 is 9.59 Å². The van der Waals surface area contributed by atoms with Crippen LogP contribution in [0.3, 0.4) is 0 Å². The van der Waals surface area contributed by atoms with Gasteiger partial charge in [0.25, 0.3) is 0 Å². The standard InChI is InChI=1S/C14H16N6O2S/c1-9(21)16-17-12(22)8-23-14-19-18-13(20(14)11-4-5-11)10-3-2-6-15-7-10/h2-3,6-7,11H,4-5,8H2,1H3,(H,16,21)(H,17,22). The molecule has 2 heterocycles. The first-order chi connectivity index (χ1) is 11.1. The largest absolute Gasteiger partial charge is 0.299 e. The first kappa shape index (κ1) is 15.5. The highest BCUT2D eigenvalue weighted by molar-refractivity contribution is 7.99. The van der Waals surface area contributed by atoms with E-state index >= 15 is 0 Å². The number of rotatable bonds is 5. The second-order valence-electron chi connectivity index (χ2n) is 5.17. The van der Waals surface area contributed by atoms with Crippen molar-refractivity contribution >= 4 is 23.6 Å². The van der Waals surface area contributed by atoms with Crippen LogP contribution in [-0.2, 0) is 9.59 Å². The van der Waals surface area contributed by atoms with Crippen molar-refractivity contribution in [2.75, 3.05) is 5.75 Å². The number of nitrogens with zero attached hydrogens (tertiary/aromatic N) is 4. The molecule has 0 atom stereocenters. The second-order valence-corrected chi connectivity index (χ2v) is 6.11. The second kappa shape index (κ2) is 6.78. The van der Waals surface area contributed by atoms with Gasteiger partial charge in [0, 0.05) is 30.9 Å². The molecule has 2 amide bonds. The van der Waals surface area contributed by atoms with Gasteiger partial charge in [-0.15, -0.1) is 10.2 Å². The van der Waals surface area contributed by atoms with E-state index in [0.717, 1.165) is 24.2 Å². The molecule has 23 heavy (non-hydrogen) atoms. The Balaban J connectivity index is 1.72. The third-order valence-electron chi connectivity index (χ3n) is 3.21. The zero-order valence-electron chi connectivity index (χ0n) is 12.5. The van der Waals surface area contributed by atoms with Crippen LogP contribution in [-0.4, -0.2) is 37.3 Å². The molecule has 2 N–H and O–H groups in total. The summed E-state index contributed by atoms with van der Waals surface area (Å²) >= 11 is 1.30. The molecule has 2 aromatic heterocycles. The van der Waals surface area contributed by atoms with Crippen molar-refractivity contribution in [1.82, 2.24) is 30.6 Å². The Morgan fingerprint density at radius 2 is 2.17 bits per heavy atom. The van der Waals surface area contributed by atoms with E-state index < -0.39 is 0 Å². The fraction of sp³-hybridized carbons (Fsp3) is 0.357. The third kappa shape index (κ3) is 3.86. The molecule has 8 nitrogen and oxygen atoms in total. The maximum absolute atomic E-state index is 11.7. The summed E-state index contributed by atoms with van der Waals surface area (Å²) < 4.78 is 2.06. The number of pyridine rings is 1. The highest BCUT2D eigenvalue weighted by Crippen LogP contribution is 2.40. The number of carbonyl (C=O) groups is 2. The maximum atomic E-state index is 11.7. The SMILES string of the molecule is CC(=O)NNC(=O)CSc1nnc(-c2cccnc2)n1C1CC1. The van der Waals surface area contributed by atoms with Crippen LogP contribution < -0.4 is 10.9 Å². The van der Waals surface area contributed by atoms with E-state index in [4.69, 9.17) is 0 Å². The molecular formula is C14H16N6O2S. The number of carbonyl (C=O) groups excluding carboxylic acids is 2. The fourth-order valence-electron chi connectivity index (χ4n) is 2.05. The van der Waals surface area contributed by atoms with Crippen molar-refractivity contribution in [2.24, 2.45) is 0 Å². The van der Waals surface area contributed by atoms with Gasteiger partial charge in [0.15, 0.2) is 11.0 Å². The minimum Gasteiger partial charge on any atom is -0.299 e. The first-order valence-corrected chi connectivity index (χ1v) is 8.17. The normalized spacial score (nSPS) is 13.6.